The van der Waals surface area contributed by atoms with Gasteiger partial charge in [0.05, 0.1) is 10.6 Å². The first-order valence-electron chi connectivity index (χ1n) is 12.6. The Kier molecular flexibility index (Phi) is 11.2. The number of fused-ring (bicyclic) bond motifs is 2. The van der Waals surface area contributed by atoms with E-state index in [0.29, 0.717) is 5.56 Å². The largest absolute Gasteiger partial charge is 0.506 e. The standard InChI is InChI=1S/C27H21N5O9S2.Cu.O3S/c1-13-8-14-9-16(42(36,37)38)11-19(28)24(14)27(35)25(13)32-29-15-6-7-17-18(10-15)23(43(39,40)41)12-21(26(17)34)31-30-20-4-2-3-5-22(20)33;;1-4(2)3/h2-12,33-35H,28H2,1H3,(H,36,37,38)(H,39,40,41);;. The predicted octanol–water partition coefficient (Wildman–Crippen LogP) is 5.32. The molecule has 0 heterocycles. The molecule has 0 fully saturated rings. The number of aromatic hydroxyl groups is 3. The number of para-hydroxylation sites is 1. The van der Waals surface area contributed by atoms with Crippen LogP contribution in [0.5, 0.6) is 17.2 Å². The van der Waals surface area contributed by atoms with Crippen LogP contribution in [-0.2, 0) is 47.9 Å². The molecule has 48 heavy (non-hydrogen) atoms. The first-order chi connectivity index (χ1) is 21.9. The van der Waals surface area contributed by atoms with Crippen molar-refractivity contribution in [3.8, 4) is 17.2 Å². The van der Waals surface area contributed by atoms with Crippen molar-refractivity contribution in [2.24, 2.45) is 20.5 Å². The Morgan fingerprint density at radius 1 is 0.708 bits per heavy atom. The normalized spacial score (nSPS) is 11.8. The molecule has 5 rings (SSSR count). The number of phenolic OH excluding ortho intramolecular Hbond substituents is 3. The number of azo groups is 2. The van der Waals surface area contributed by atoms with Crippen LogP contribution in [0.1, 0.15) is 5.56 Å². The quantitative estimate of drug-likeness (QED) is 0.0553. The number of aryl methyl sites for hydroxylation is 1. The van der Waals surface area contributed by atoms with Gasteiger partial charge in [-0.15, -0.1) is 28.0 Å². The van der Waals surface area contributed by atoms with E-state index in [2.05, 4.69) is 20.5 Å². The summed E-state index contributed by atoms with van der Waals surface area (Å²) in [5.41, 5.74) is 5.95. The average Bonchev–Trinajstić information content (AvgIpc) is 2.95. The van der Waals surface area contributed by atoms with Crippen molar-refractivity contribution in [1.29, 1.82) is 0 Å². The van der Waals surface area contributed by atoms with Crippen LogP contribution in [0.2, 0.25) is 0 Å². The molecular formula is C27H21CuN5O12S3. The van der Waals surface area contributed by atoms with Gasteiger partial charge >= 0.3 is 10.6 Å². The maximum atomic E-state index is 12.3. The number of rotatable bonds is 6. The van der Waals surface area contributed by atoms with Gasteiger partial charge in [0.25, 0.3) is 20.2 Å². The smallest absolute Gasteiger partial charge is 0.425 e. The molecule has 17 nitrogen and oxygen atoms in total. The Balaban J connectivity index is 0.00000118. The van der Waals surface area contributed by atoms with Gasteiger partial charge < -0.3 is 21.1 Å². The number of nitrogens with two attached hydrogens (primary N) is 1. The van der Waals surface area contributed by atoms with E-state index in [9.17, 15) is 41.3 Å². The number of nitrogen functional groups attached to an aromatic ring is 1. The van der Waals surface area contributed by atoms with Gasteiger partial charge in [-0.25, -0.2) is 0 Å². The maximum Gasteiger partial charge on any atom is 0.425 e. The number of phenols is 3. The minimum atomic E-state index is -4.85. The summed E-state index contributed by atoms with van der Waals surface area (Å²) in [6.07, 6.45) is 0. The van der Waals surface area contributed by atoms with E-state index in [-0.39, 0.29) is 72.8 Å². The molecule has 255 valence electrons. The summed E-state index contributed by atoms with van der Waals surface area (Å²) in [5, 5.41) is 47.5. The molecule has 0 saturated carbocycles. The van der Waals surface area contributed by atoms with Crippen LogP contribution in [0, 0.1) is 6.92 Å². The van der Waals surface area contributed by atoms with E-state index in [0.717, 1.165) is 18.2 Å². The first kappa shape index (κ1) is 37.4. The monoisotopic (exact) mass is 766 g/mol. The van der Waals surface area contributed by atoms with Crippen molar-refractivity contribution in [3.05, 3.63) is 72.3 Å². The number of nitrogens with zero attached hydrogens (tertiary/aromatic N) is 4. The molecular weight excluding hydrogens is 746 g/mol. The minimum absolute atomic E-state index is 0. The zero-order valence-electron chi connectivity index (χ0n) is 23.8. The number of benzene rings is 5. The summed E-state index contributed by atoms with van der Waals surface area (Å²) >= 11 is 0. The van der Waals surface area contributed by atoms with Crippen molar-refractivity contribution in [3.63, 3.8) is 0 Å². The molecule has 0 spiro atoms. The van der Waals surface area contributed by atoms with Crippen LogP contribution in [0.4, 0.5) is 28.4 Å². The topological polar surface area (TPSA) is 296 Å². The molecule has 0 atom stereocenters. The molecule has 21 heteroatoms. The second kappa shape index (κ2) is 14.4. The molecule has 0 amide bonds. The van der Waals surface area contributed by atoms with Gasteiger partial charge in [0.2, 0.25) is 0 Å². The van der Waals surface area contributed by atoms with E-state index in [1.165, 1.54) is 36.4 Å². The van der Waals surface area contributed by atoms with Crippen molar-refractivity contribution in [2.45, 2.75) is 16.7 Å². The van der Waals surface area contributed by atoms with E-state index >= 15 is 0 Å². The second-order valence-electron chi connectivity index (χ2n) is 9.52. The van der Waals surface area contributed by atoms with Crippen LogP contribution in [0.3, 0.4) is 0 Å². The number of hydrogen-bond donors (Lipinski definition) is 6. The van der Waals surface area contributed by atoms with Crippen LogP contribution in [0.15, 0.2) is 97.0 Å². The summed E-state index contributed by atoms with van der Waals surface area (Å²) in [7, 11) is -12.5. The summed E-state index contributed by atoms with van der Waals surface area (Å²) < 4.78 is 92.3. The minimum Gasteiger partial charge on any atom is -0.506 e. The molecule has 0 unspecified atom stereocenters. The summed E-state index contributed by atoms with van der Waals surface area (Å²) in [6.45, 7) is 1.56. The van der Waals surface area contributed by atoms with E-state index in [4.69, 9.17) is 18.4 Å². The summed E-state index contributed by atoms with van der Waals surface area (Å²) in [6, 6.07) is 14.4. The Hall–Kier alpha value is -5.02. The van der Waals surface area contributed by atoms with Crippen molar-refractivity contribution in [1.82, 2.24) is 0 Å². The van der Waals surface area contributed by atoms with E-state index < -0.39 is 52.1 Å². The fourth-order valence-corrected chi connectivity index (χ4v) is 5.65. The van der Waals surface area contributed by atoms with Crippen LogP contribution in [0.25, 0.3) is 21.5 Å². The van der Waals surface area contributed by atoms with Gasteiger partial charge in [0.1, 0.15) is 27.7 Å². The van der Waals surface area contributed by atoms with Gasteiger partial charge in [-0.2, -0.15) is 21.9 Å². The SMILES string of the molecule is Cc1cc2cc(S(=O)(=O)O)cc(N)c2c(O)c1N=Nc1ccc2c(O)c(N=Nc3ccccc3O)cc(S(=O)(=O)O)c2c1.O=S(=O)=O.[Cu]. The third-order valence-corrected chi connectivity index (χ3v) is 8.13. The van der Waals surface area contributed by atoms with Gasteiger partial charge in [0.15, 0.2) is 11.5 Å². The van der Waals surface area contributed by atoms with Crippen LogP contribution < -0.4 is 5.73 Å². The van der Waals surface area contributed by atoms with E-state index in [1.54, 1.807) is 19.1 Å². The fourth-order valence-electron chi connectivity index (χ4n) is 4.40. The molecule has 0 aliphatic carbocycles. The zero-order chi connectivity index (χ0) is 34.8. The third-order valence-electron chi connectivity index (χ3n) is 6.40. The van der Waals surface area contributed by atoms with Crippen molar-refractivity contribution >= 4 is 80.8 Å². The predicted molar refractivity (Wildman–Crippen MR) is 166 cm³/mol. The molecule has 5 aromatic rings. The van der Waals surface area contributed by atoms with Gasteiger partial charge in [0, 0.05) is 38.9 Å². The Labute approximate surface area is 283 Å². The molecule has 0 aliphatic heterocycles. The number of anilines is 1. The third kappa shape index (κ3) is 8.27. The Morgan fingerprint density at radius 2 is 1.33 bits per heavy atom. The Morgan fingerprint density at radius 3 is 1.94 bits per heavy atom. The first-order valence-corrected chi connectivity index (χ1v) is 16.4. The Bertz CT molecular complexity index is 2490. The van der Waals surface area contributed by atoms with Crippen LogP contribution in [-0.4, -0.2) is 53.9 Å². The number of hydrogen-bond acceptors (Lipinski definition) is 15. The van der Waals surface area contributed by atoms with Gasteiger partial charge in [-0.1, -0.05) is 12.1 Å². The summed E-state index contributed by atoms with van der Waals surface area (Å²) in [5.74, 6) is -1.09. The van der Waals surface area contributed by atoms with Gasteiger partial charge in [-0.3, -0.25) is 9.11 Å². The molecule has 0 bridgehead atoms. The zero-order valence-corrected chi connectivity index (χ0v) is 27.2. The molecule has 5 aromatic carbocycles. The second-order valence-corrected chi connectivity index (χ2v) is 12.7. The summed E-state index contributed by atoms with van der Waals surface area (Å²) in [4.78, 5) is -1.07. The fraction of sp³-hybridized carbons (Fsp3) is 0.0370. The van der Waals surface area contributed by atoms with Crippen molar-refractivity contribution in [2.75, 3.05) is 5.73 Å². The molecule has 0 saturated heterocycles. The molecule has 0 aliphatic rings. The van der Waals surface area contributed by atoms with Gasteiger partial charge in [-0.05, 0) is 72.5 Å². The van der Waals surface area contributed by atoms with Crippen LogP contribution >= 0.6 is 0 Å². The van der Waals surface area contributed by atoms with E-state index in [1.807, 2.05) is 0 Å². The average molecular weight is 767 g/mol. The maximum absolute atomic E-state index is 12.3. The molecule has 7 N–H and O–H groups in total. The van der Waals surface area contributed by atoms with Crippen molar-refractivity contribution < 1.29 is 71.0 Å². The molecule has 0 aromatic heterocycles. The molecule has 1 radical (unpaired) electrons.